The third kappa shape index (κ3) is 2.94. The van der Waals surface area contributed by atoms with E-state index in [-0.39, 0.29) is 11.8 Å². The standard InChI is InChI=1S/C10H19NO/c1-7(10(11)8(2)12)3-4-9-5-6-9/h7,9-10H,3-6,11H2,1-2H3/t7-,10+/m0/s1. The Bertz CT molecular complexity index is 163. The fourth-order valence-electron chi connectivity index (χ4n) is 1.49. The van der Waals surface area contributed by atoms with Crippen molar-refractivity contribution in [3.8, 4) is 0 Å². The highest BCUT2D eigenvalue weighted by molar-refractivity contribution is 5.81. The second-order valence-corrected chi connectivity index (χ2v) is 4.13. The third-order valence-corrected chi connectivity index (χ3v) is 2.81. The molecule has 1 aliphatic rings. The number of carbonyl (C=O) groups excluding carboxylic acids is 1. The first-order chi connectivity index (χ1) is 5.61. The molecule has 0 spiro atoms. The van der Waals surface area contributed by atoms with E-state index in [0.717, 1.165) is 12.3 Å². The summed E-state index contributed by atoms with van der Waals surface area (Å²) in [5, 5.41) is 0. The van der Waals surface area contributed by atoms with E-state index >= 15 is 0 Å². The minimum Gasteiger partial charge on any atom is -0.321 e. The molecule has 0 heterocycles. The van der Waals surface area contributed by atoms with E-state index in [4.69, 9.17) is 5.73 Å². The zero-order valence-electron chi connectivity index (χ0n) is 8.05. The van der Waals surface area contributed by atoms with Crippen molar-refractivity contribution in [1.82, 2.24) is 0 Å². The SMILES string of the molecule is CC(=O)[C@H](N)[C@@H](C)CCC1CC1. The summed E-state index contributed by atoms with van der Waals surface area (Å²) in [7, 11) is 0. The molecule has 0 aliphatic heterocycles. The van der Waals surface area contributed by atoms with Gasteiger partial charge in [-0.2, -0.15) is 0 Å². The third-order valence-electron chi connectivity index (χ3n) is 2.81. The highest BCUT2D eigenvalue weighted by Crippen LogP contribution is 2.34. The van der Waals surface area contributed by atoms with Gasteiger partial charge in [-0.05, 0) is 25.2 Å². The van der Waals surface area contributed by atoms with E-state index in [1.807, 2.05) is 0 Å². The summed E-state index contributed by atoms with van der Waals surface area (Å²) < 4.78 is 0. The molecule has 0 unspecified atom stereocenters. The van der Waals surface area contributed by atoms with Gasteiger partial charge in [-0.1, -0.05) is 26.2 Å². The van der Waals surface area contributed by atoms with Gasteiger partial charge in [-0.25, -0.2) is 0 Å². The van der Waals surface area contributed by atoms with Crippen molar-refractivity contribution >= 4 is 5.78 Å². The van der Waals surface area contributed by atoms with Gasteiger partial charge in [0.2, 0.25) is 0 Å². The molecule has 2 heteroatoms. The minimum absolute atomic E-state index is 0.123. The number of hydrogen-bond donors (Lipinski definition) is 1. The lowest BCUT2D eigenvalue weighted by molar-refractivity contribution is -0.119. The molecule has 2 N–H and O–H groups in total. The topological polar surface area (TPSA) is 43.1 Å². The smallest absolute Gasteiger partial charge is 0.146 e. The highest BCUT2D eigenvalue weighted by Gasteiger charge is 2.24. The molecule has 70 valence electrons. The van der Waals surface area contributed by atoms with Gasteiger partial charge >= 0.3 is 0 Å². The van der Waals surface area contributed by atoms with Crippen LogP contribution in [0.3, 0.4) is 0 Å². The summed E-state index contributed by atoms with van der Waals surface area (Å²) in [5.74, 6) is 1.44. The van der Waals surface area contributed by atoms with Gasteiger partial charge in [0.25, 0.3) is 0 Å². The molecule has 0 bridgehead atoms. The molecule has 0 radical (unpaired) electrons. The van der Waals surface area contributed by atoms with Gasteiger partial charge in [0, 0.05) is 0 Å². The summed E-state index contributed by atoms with van der Waals surface area (Å²) in [5.41, 5.74) is 5.72. The minimum atomic E-state index is -0.233. The summed E-state index contributed by atoms with van der Waals surface area (Å²) in [6.07, 6.45) is 5.16. The second-order valence-electron chi connectivity index (χ2n) is 4.13. The molecule has 1 aliphatic carbocycles. The Balaban J connectivity index is 2.16. The molecule has 2 nitrogen and oxygen atoms in total. The maximum atomic E-state index is 10.9. The molecular weight excluding hydrogens is 150 g/mol. The normalized spacial score (nSPS) is 21.9. The van der Waals surface area contributed by atoms with Crippen molar-refractivity contribution in [3.63, 3.8) is 0 Å². The van der Waals surface area contributed by atoms with Gasteiger partial charge in [0.15, 0.2) is 0 Å². The lowest BCUT2D eigenvalue weighted by Gasteiger charge is -2.16. The van der Waals surface area contributed by atoms with E-state index < -0.39 is 0 Å². The largest absolute Gasteiger partial charge is 0.321 e. The number of carbonyl (C=O) groups is 1. The van der Waals surface area contributed by atoms with Crippen molar-refractivity contribution in [1.29, 1.82) is 0 Å². The second kappa shape index (κ2) is 4.04. The number of Topliss-reactive ketones (excluding diaryl/α,β-unsaturated/α-hetero) is 1. The Hall–Kier alpha value is -0.370. The van der Waals surface area contributed by atoms with Gasteiger partial charge < -0.3 is 5.73 Å². The van der Waals surface area contributed by atoms with E-state index in [0.29, 0.717) is 5.92 Å². The molecule has 12 heavy (non-hydrogen) atoms. The maximum absolute atomic E-state index is 10.9. The summed E-state index contributed by atoms with van der Waals surface area (Å²) >= 11 is 0. The first-order valence-electron chi connectivity index (χ1n) is 4.87. The quantitative estimate of drug-likeness (QED) is 0.681. The van der Waals surface area contributed by atoms with Gasteiger partial charge in [0.05, 0.1) is 6.04 Å². The average molecular weight is 169 g/mol. The lowest BCUT2D eigenvalue weighted by Crippen LogP contribution is -2.35. The number of nitrogens with two attached hydrogens (primary N) is 1. The fraction of sp³-hybridized carbons (Fsp3) is 0.900. The zero-order chi connectivity index (χ0) is 9.14. The number of hydrogen-bond acceptors (Lipinski definition) is 2. The van der Waals surface area contributed by atoms with Crippen molar-refractivity contribution in [2.45, 2.75) is 45.6 Å². The summed E-state index contributed by atoms with van der Waals surface area (Å²) in [6, 6.07) is -0.233. The number of rotatable bonds is 5. The predicted octanol–water partition coefficient (Wildman–Crippen LogP) is 1.73. The van der Waals surface area contributed by atoms with Crippen molar-refractivity contribution < 1.29 is 4.79 Å². The van der Waals surface area contributed by atoms with Crippen LogP contribution in [0.25, 0.3) is 0 Å². The average Bonchev–Trinajstić information content (AvgIpc) is 2.81. The van der Waals surface area contributed by atoms with Crippen LogP contribution in [0.4, 0.5) is 0 Å². The van der Waals surface area contributed by atoms with Crippen LogP contribution in [0.5, 0.6) is 0 Å². The van der Waals surface area contributed by atoms with Gasteiger partial charge in [-0.3, -0.25) is 4.79 Å². The first kappa shape index (κ1) is 9.72. The molecule has 1 saturated carbocycles. The Morgan fingerprint density at radius 1 is 1.58 bits per heavy atom. The van der Waals surface area contributed by atoms with E-state index in [9.17, 15) is 4.79 Å². The van der Waals surface area contributed by atoms with Crippen molar-refractivity contribution in [2.75, 3.05) is 0 Å². The Morgan fingerprint density at radius 2 is 2.17 bits per heavy atom. The first-order valence-corrected chi connectivity index (χ1v) is 4.87. The summed E-state index contributed by atoms with van der Waals surface area (Å²) in [4.78, 5) is 10.9. The van der Waals surface area contributed by atoms with Crippen LogP contribution >= 0.6 is 0 Å². The monoisotopic (exact) mass is 169 g/mol. The maximum Gasteiger partial charge on any atom is 0.146 e. The number of ketones is 1. The van der Waals surface area contributed by atoms with Crippen molar-refractivity contribution in [2.24, 2.45) is 17.6 Å². The van der Waals surface area contributed by atoms with Gasteiger partial charge in [-0.15, -0.1) is 0 Å². The van der Waals surface area contributed by atoms with Gasteiger partial charge in [0.1, 0.15) is 5.78 Å². The molecule has 1 rings (SSSR count). The summed E-state index contributed by atoms with van der Waals surface area (Å²) in [6.45, 7) is 3.66. The van der Waals surface area contributed by atoms with Crippen LogP contribution < -0.4 is 5.73 Å². The van der Waals surface area contributed by atoms with Crippen LogP contribution in [0.1, 0.15) is 39.5 Å². The van der Waals surface area contributed by atoms with E-state index in [2.05, 4.69) is 6.92 Å². The molecule has 0 aromatic rings. The molecule has 0 aromatic carbocycles. The molecular formula is C10H19NO. The molecule has 1 fully saturated rings. The molecule has 0 amide bonds. The Kier molecular flexibility index (Phi) is 3.27. The Labute approximate surface area is 74.5 Å². The van der Waals surface area contributed by atoms with Crippen LogP contribution in [-0.4, -0.2) is 11.8 Å². The van der Waals surface area contributed by atoms with Crippen LogP contribution in [0, 0.1) is 11.8 Å². The van der Waals surface area contributed by atoms with E-state index in [1.165, 1.54) is 19.3 Å². The Morgan fingerprint density at radius 3 is 2.58 bits per heavy atom. The zero-order valence-corrected chi connectivity index (χ0v) is 8.05. The molecule has 2 atom stereocenters. The molecule has 0 aromatic heterocycles. The van der Waals surface area contributed by atoms with Crippen LogP contribution in [0.2, 0.25) is 0 Å². The van der Waals surface area contributed by atoms with Crippen molar-refractivity contribution in [3.05, 3.63) is 0 Å². The fourth-order valence-corrected chi connectivity index (χ4v) is 1.49. The predicted molar refractivity (Wildman–Crippen MR) is 49.8 cm³/mol. The lowest BCUT2D eigenvalue weighted by atomic mass is 9.94. The molecule has 0 saturated heterocycles. The van der Waals surface area contributed by atoms with E-state index in [1.54, 1.807) is 6.92 Å². The highest BCUT2D eigenvalue weighted by atomic mass is 16.1. The van der Waals surface area contributed by atoms with Crippen LogP contribution in [-0.2, 0) is 4.79 Å². The van der Waals surface area contributed by atoms with Crippen LogP contribution in [0.15, 0.2) is 0 Å².